The van der Waals surface area contributed by atoms with Gasteiger partial charge in [-0.15, -0.1) is 0 Å². The van der Waals surface area contributed by atoms with E-state index in [2.05, 4.69) is 34.2 Å². The molecule has 0 saturated heterocycles. The molecule has 2 aliphatic carbocycles. The fraction of sp³-hybridized carbons (Fsp3) is 0.556. The van der Waals surface area contributed by atoms with Crippen LogP contribution in [-0.4, -0.2) is 39.2 Å². The van der Waals surface area contributed by atoms with E-state index in [9.17, 15) is 13.6 Å². The zero-order valence-corrected chi connectivity index (χ0v) is 21.5. The SMILES string of the molecule is CC(C)C1CCC(n2cc(N(C)C(=O)c3coc(-c4ccnc(NCC5CC5)c4)n3)c(C(F)F)n2)CC1.[HH]. The van der Waals surface area contributed by atoms with Crippen molar-refractivity contribution >= 4 is 17.4 Å². The highest BCUT2D eigenvalue weighted by molar-refractivity contribution is 6.04. The molecule has 5 rings (SSSR count). The van der Waals surface area contributed by atoms with Crippen molar-refractivity contribution < 1.29 is 19.4 Å². The predicted octanol–water partition coefficient (Wildman–Crippen LogP) is 6.60. The molecule has 2 saturated carbocycles. The number of pyridine rings is 1. The number of rotatable bonds is 9. The summed E-state index contributed by atoms with van der Waals surface area (Å²) in [6, 6.07) is 3.62. The molecule has 10 heteroatoms. The molecular formula is C27H36F2N6O2. The Morgan fingerprint density at radius 3 is 2.68 bits per heavy atom. The van der Waals surface area contributed by atoms with Gasteiger partial charge in [-0.05, 0) is 68.4 Å². The van der Waals surface area contributed by atoms with E-state index in [0.717, 1.165) is 32.2 Å². The maximum atomic E-state index is 13.9. The van der Waals surface area contributed by atoms with E-state index in [1.54, 1.807) is 23.1 Å². The zero-order chi connectivity index (χ0) is 26.1. The summed E-state index contributed by atoms with van der Waals surface area (Å²) < 4.78 is 35.0. The molecular weight excluding hydrogens is 478 g/mol. The minimum Gasteiger partial charge on any atom is -0.444 e. The number of amides is 1. The van der Waals surface area contributed by atoms with Crippen LogP contribution in [0.5, 0.6) is 0 Å². The number of carbonyl (C=O) groups excluding carboxylic acids is 1. The van der Waals surface area contributed by atoms with E-state index in [0.29, 0.717) is 29.1 Å². The average Bonchev–Trinajstić information content (AvgIpc) is 3.40. The van der Waals surface area contributed by atoms with Gasteiger partial charge < -0.3 is 14.6 Å². The molecule has 0 radical (unpaired) electrons. The van der Waals surface area contributed by atoms with Crippen molar-refractivity contribution in [2.24, 2.45) is 17.8 Å². The molecule has 2 fully saturated rings. The Bertz CT molecular complexity index is 1230. The Labute approximate surface area is 217 Å². The number of carbonyl (C=O) groups is 1. The van der Waals surface area contributed by atoms with Crippen molar-refractivity contribution in [3.63, 3.8) is 0 Å². The lowest BCUT2D eigenvalue weighted by Crippen LogP contribution is -2.27. The minimum atomic E-state index is -2.80. The number of nitrogens with one attached hydrogen (secondary N) is 1. The van der Waals surface area contributed by atoms with E-state index in [1.165, 1.54) is 31.1 Å². The smallest absolute Gasteiger partial charge is 0.284 e. The lowest BCUT2D eigenvalue weighted by atomic mass is 9.80. The van der Waals surface area contributed by atoms with E-state index in [-0.39, 0.29) is 24.7 Å². The van der Waals surface area contributed by atoms with Gasteiger partial charge in [0.1, 0.15) is 12.1 Å². The number of oxazole rings is 1. The van der Waals surface area contributed by atoms with Crippen LogP contribution >= 0.6 is 0 Å². The monoisotopic (exact) mass is 514 g/mol. The van der Waals surface area contributed by atoms with Gasteiger partial charge in [-0.25, -0.2) is 18.7 Å². The van der Waals surface area contributed by atoms with Crippen LogP contribution in [0.2, 0.25) is 0 Å². The second-order valence-corrected chi connectivity index (χ2v) is 10.6. The zero-order valence-electron chi connectivity index (χ0n) is 21.5. The summed E-state index contributed by atoms with van der Waals surface area (Å²) in [7, 11) is 1.46. The van der Waals surface area contributed by atoms with Crippen molar-refractivity contribution in [1.29, 1.82) is 0 Å². The third kappa shape index (κ3) is 5.67. The summed E-state index contributed by atoms with van der Waals surface area (Å²) in [5.41, 5.74) is 0.400. The van der Waals surface area contributed by atoms with Gasteiger partial charge in [-0.2, -0.15) is 5.10 Å². The van der Waals surface area contributed by atoms with Gasteiger partial charge in [0.25, 0.3) is 12.3 Å². The molecule has 0 spiro atoms. The number of hydrogen-bond acceptors (Lipinski definition) is 6. The van der Waals surface area contributed by atoms with Crippen molar-refractivity contribution in [2.45, 2.75) is 64.8 Å². The highest BCUT2D eigenvalue weighted by Crippen LogP contribution is 2.38. The summed E-state index contributed by atoms with van der Waals surface area (Å²) in [5, 5.41) is 7.52. The molecule has 3 aromatic heterocycles. The number of hydrogen-bond donors (Lipinski definition) is 1. The van der Waals surface area contributed by atoms with Crippen LogP contribution in [0.1, 0.15) is 82.4 Å². The van der Waals surface area contributed by atoms with Gasteiger partial charge in [-0.1, -0.05) is 13.8 Å². The molecule has 0 aliphatic heterocycles. The number of nitrogens with zero attached hydrogens (tertiary/aromatic N) is 5. The van der Waals surface area contributed by atoms with E-state index in [4.69, 9.17) is 4.42 Å². The predicted molar refractivity (Wildman–Crippen MR) is 139 cm³/mol. The minimum absolute atomic E-state index is 0. The van der Waals surface area contributed by atoms with Crippen LogP contribution < -0.4 is 10.2 Å². The van der Waals surface area contributed by atoms with Crippen molar-refractivity contribution in [2.75, 3.05) is 23.8 Å². The molecule has 0 aromatic carbocycles. The summed E-state index contributed by atoms with van der Waals surface area (Å²) in [6.07, 6.45) is 8.02. The Morgan fingerprint density at radius 1 is 1.24 bits per heavy atom. The fourth-order valence-electron chi connectivity index (χ4n) is 5.05. The topological polar surface area (TPSA) is 89.1 Å². The molecule has 0 atom stereocenters. The standard InChI is InChI=1S/C27H34F2N6O2.H2/c1-16(2)18-6-8-20(9-7-18)35-14-22(24(33-35)25(28)29)34(3)27(36)21-15-37-26(32-21)19-10-11-30-23(12-19)31-13-17-4-5-17;/h10-12,14-18,20,25H,4-9,13H2,1-3H3,(H,30,31);1H. The number of alkyl halides is 2. The van der Waals surface area contributed by atoms with E-state index >= 15 is 0 Å². The number of halogens is 2. The number of anilines is 2. The van der Waals surface area contributed by atoms with Gasteiger partial charge in [0.15, 0.2) is 11.4 Å². The Kier molecular flexibility index (Phi) is 7.26. The molecule has 2 aliphatic rings. The molecule has 8 nitrogen and oxygen atoms in total. The van der Waals surface area contributed by atoms with Gasteiger partial charge in [-0.3, -0.25) is 9.48 Å². The Morgan fingerprint density at radius 2 is 2.00 bits per heavy atom. The average molecular weight is 515 g/mol. The van der Waals surface area contributed by atoms with Crippen molar-refractivity contribution in [3.05, 3.63) is 42.2 Å². The largest absolute Gasteiger partial charge is 0.444 e. The fourth-order valence-corrected chi connectivity index (χ4v) is 5.05. The van der Waals surface area contributed by atoms with Crippen LogP contribution in [0.15, 0.2) is 35.2 Å². The van der Waals surface area contributed by atoms with Gasteiger partial charge in [0, 0.05) is 33.0 Å². The molecule has 0 unspecified atom stereocenters. The van der Waals surface area contributed by atoms with Crippen molar-refractivity contribution in [1.82, 2.24) is 19.7 Å². The molecule has 1 amide bonds. The number of aromatic nitrogens is 4. The first-order valence-electron chi connectivity index (χ1n) is 13.1. The van der Waals surface area contributed by atoms with Gasteiger partial charge in [0.2, 0.25) is 5.89 Å². The van der Waals surface area contributed by atoms with Gasteiger partial charge >= 0.3 is 0 Å². The Balaban J connectivity index is 0.00000336. The lowest BCUT2D eigenvalue weighted by molar-refractivity contribution is 0.0986. The second-order valence-electron chi connectivity index (χ2n) is 10.6. The maximum absolute atomic E-state index is 13.9. The quantitative estimate of drug-likeness (QED) is 0.346. The summed E-state index contributed by atoms with van der Waals surface area (Å²) in [5.74, 6) is 2.39. The van der Waals surface area contributed by atoms with Crippen LogP contribution in [0, 0.1) is 17.8 Å². The normalized spacial score (nSPS) is 20.0. The lowest BCUT2D eigenvalue weighted by Gasteiger charge is -2.31. The molecule has 37 heavy (non-hydrogen) atoms. The molecule has 3 aromatic rings. The third-order valence-corrected chi connectivity index (χ3v) is 7.67. The summed E-state index contributed by atoms with van der Waals surface area (Å²) in [6.45, 7) is 5.32. The molecule has 0 bridgehead atoms. The summed E-state index contributed by atoms with van der Waals surface area (Å²) >= 11 is 0. The third-order valence-electron chi connectivity index (χ3n) is 7.67. The van der Waals surface area contributed by atoms with Crippen LogP contribution in [0.4, 0.5) is 20.3 Å². The van der Waals surface area contributed by atoms with Crippen LogP contribution in [0.25, 0.3) is 11.5 Å². The molecule has 200 valence electrons. The van der Waals surface area contributed by atoms with Gasteiger partial charge in [0.05, 0.1) is 11.7 Å². The first kappa shape index (κ1) is 25.4. The van der Waals surface area contributed by atoms with Crippen LogP contribution in [-0.2, 0) is 0 Å². The van der Waals surface area contributed by atoms with Crippen LogP contribution in [0.3, 0.4) is 0 Å². The second kappa shape index (κ2) is 10.6. The molecule has 3 heterocycles. The van der Waals surface area contributed by atoms with Crippen molar-refractivity contribution in [3.8, 4) is 11.5 Å². The first-order chi connectivity index (χ1) is 17.8. The maximum Gasteiger partial charge on any atom is 0.284 e. The molecule has 1 N–H and O–H groups in total. The summed E-state index contributed by atoms with van der Waals surface area (Å²) in [4.78, 5) is 23.1. The van der Waals surface area contributed by atoms with E-state index < -0.39 is 18.0 Å². The highest BCUT2D eigenvalue weighted by Gasteiger charge is 2.30. The first-order valence-corrected chi connectivity index (χ1v) is 13.1. The van der Waals surface area contributed by atoms with E-state index in [1.807, 2.05) is 6.07 Å². The Hall–Kier alpha value is -3.30. The highest BCUT2D eigenvalue weighted by atomic mass is 19.3.